The molecule has 0 fully saturated rings. The molecule has 0 aliphatic heterocycles. The fourth-order valence-corrected chi connectivity index (χ4v) is 2.21. The molecular formula is C11H12ClN5O3. The second-order valence-electron chi connectivity index (χ2n) is 4.22. The van der Waals surface area contributed by atoms with Crippen molar-refractivity contribution in [3.8, 4) is 0 Å². The largest absolute Gasteiger partial charge is 0.361 e. The summed E-state index contributed by atoms with van der Waals surface area (Å²) in [6, 6.07) is -0.272. The molecule has 2 aromatic rings. The second-order valence-corrected chi connectivity index (χ2v) is 4.58. The highest BCUT2D eigenvalue weighted by Gasteiger charge is 2.24. The number of nitrogens with one attached hydrogen (secondary N) is 1. The number of hydrogen-bond acceptors (Lipinski definition) is 7. The lowest BCUT2D eigenvalue weighted by atomic mass is 10.1. The van der Waals surface area contributed by atoms with Crippen molar-refractivity contribution in [1.29, 1.82) is 0 Å². The summed E-state index contributed by atoms with van der Waals surface area (Å²) in [5, 5.41) is 17.6. The van der Waals surface area contributed by atoms with E-state index < -0.39 is 4.92 Å². The summed E-state index contributed by atoms with van der Waals surface area (Å²) in [6.45, 7) is 5.40. The van der Waals surface area contributed by atoms with Crippen LogP contribution in [-0.4, -0.2) is 20.0 Å². The Kier molecular flexibility index (Phi) is 3.84. The Balaban J connectivity index is 2.36. The van der Waals surface area contributed by atoms with Crippen molar-refractivity contribution >= 4 is 23.1 Å². The number of nitro groups is 1. The van der Waals surface area contributed by atoms with Crippen molar-refractivity contribution in [3.05, 3.63) is 38.6 Å². The highest BCUT2D eigenvalue weighted by atomic mass is 35.5. The molecule has 0 aliphatic carbocycles. The van der Waals surface area contributed by atoms with Gasteiger partial charge >= 0.3 is 5.69 Å². The van der Waals surface area contributed by atoms with Crippen LogP contribution in [0.2, 0.25) is 5.15 Å². The van der Waals surface area contributed by atoms with E-state index in [-0.39, 0.29) is 22.7 Å². The van der Waals surface area contributed by atoms with Gasteiger partial charge in [-0.3, -0.25) is 10.1 Å². The molecule has 0 saturated heterocycles. The van der Waals surface area contributed by atoms with Gasteiger partial charge in [0, 0.05) is 5.56 Å². The van der Waals surface area contributed by atoms with Gasteiger partial charge in [-0.25, -0.2) is 9.97 Å². The van der Waals surface area contributed by atoms with Crippen LogP contribution in [0.15, 0.2) is 10.9 Å². The standard InChI is InChI=1S/C11H12ClN5O3/c1-5(8-6(2)16-20-7(8)3)15-11-9(17(18)19)10(12)13-4-14-11/h4-5H,1-3H3,(H,13,14,15). The van der Waals surface area contributed by atoms with E-state index in [1.807, 2.05) is 6.92 Å². The van der Waals surface area contributed by atoms with E-state index in [0.717, 1.165) is 11.9 Å². The molecule has 0 amide bonds. The van der Waals surface area contributed by atoms with Gasteiger partial charge in [0.05, 0.1) is 16.7 Å². The van der Waals surface area contributed by atoms with Crippen LogP contribution in [0.25, 0.3) is 0 Å². The van der Waals surface area contributed by atoms with E-state index in [1.54, 1.807) is 13.8 Å². The first kappa shape index (κ1) is 14.2. The molecular weight excluding hydrogens is 286 g/mol. The molecule has 0 saturated carbocycles. The monoisotopic (exact) mass is 297 g/mol. The maximum Gasteiger partial charge on any atom is 0.348 e. The smallest absolute Gasteiger partial charge is 0.348 e. The maximum absolute atomic E-state index is 11.0. The molecule has 0 aliphatic rings. The third-order valence-corrected chi connectivity index (χ3v) is 3.11. The van der Waals surface area contributed by atoms with Crippen molar-refractivity contribution in [2.45, 2.75) is 26.8 Å². The van der Waals surface area contributed by atoms with Crippen molar-refractivity contribution in [2.75, 3.05) is 5.32 Å². The van der Waals surface area contributed by atoms with Crippen LogP contribution in [0.4, 0.5) is 11.5 Å². The number of rotatable bonds is 4. The van der Waals surface area contributed by atoms with Crippen LogP contribution in [0.3, 0.4) is 0 Å². The summed E-state index contributed by atoms with van der Waals surface area (Å²) in [4.78, 5) is 17.9. The fraction of sp³-hybridized carbons (Fsp3) is 0.364. The lowest BCUT2D eigenvalue weighted by Crippen LogP contribution is -2.11. The first-order valence-corrected chi connectivity index (χ1v) is 6.13. The summed E-state index contributed by atoms with van der Waals surface area (Å²) < 4.78 is 5.07. The third kappa shape index (κ3) is 2.55. The summed E-state index contributed by atoms with van der Waals surface area (Å²) in [7, 11) is 0. The molecule has 0 spiro atoms. The minimum Gasteiger partial charge on any atom is -0.361 e. The Labute approximate surface area is 119 Å². The molecule has 0 radical (unpaired) electrons. The molecule has 2 heterocycles. The zero-order valence-electron chi connectivity index (χ0n) is 11.0. The van der Waals surface area contributed by atoms with Gasteiger partial charge in [0.1, 0.15) is 12.1 Å². The fourth-order valence-electron chi connectivity index (χ4n) is 2.01. The molecule has 1 unspecified atom stereocenters. The van der Waals surface area contributed by atoms with E-state index in [9.17, 15) is 10.1 Å². The predicted molar refractivity (Wildman–Crippen MR) is 71.7 cm³/mol. The Bertz CT molecular complexity index is 638. The summed E-state index contributed by atoms with van der Waals surface area (Å²) >= 11 is 5.73. The van der Waals surface area contributed by atoms with E-state index in [0.29, 0.717) is 11.5 Å². The van der Waals surface area contributed by atoms with Crippen molar-refractivity contribution in [1.82, 2.24) is 15.1 Å². The zero-order chi connectivity index (χ0) is 14.9. The van der Waals surface area contributed by atoms with Crippen LogP contribution >= 0.6 is 11.6 Å². The Hall–Kier alpha value is -2.22. The van der Waals surface area contributed by atoms with Crippen molar-refractivity contribution < 1.29 is 9.45 Å². The number of nitrogens with zero attached hydrogens (tertiary/aromatic N) is 4. The predicted octanol–water partition coefficient (Wildman–Crippen LogP) is 2.82. The zero-order valence-corrected chi connectivity index (χ0v) is 11.8. The second kappa shape index (κ2) is 5.41. The Morgan fingerprint density at radius 2 is 2.15 bits per heavy atom. The van der Waals surface area contributed by atoms with Gasteiger partial charge in [0.15, 0.2) is 0 Å². The molecule has 0 bridgehead atoms. The lowest BCUT2D eigenvalue weighted by Gasteiger charge is -2.14. The van der Waals surface area contributed by atoms with Gasteiger partial charge in [-0.05, 0) is 20.8 Å². The first-order chi connectivity index (χ1) is 9.41. The van der Waals surface area contributed by atoms with Gasteiger partial charge in [-0.15, -0.1) is 0 Å². The van der Waals surface area contributed by atoms with Crippen LogP contribution < -0.4 is 5.32 Å². The number of hydrogen-bond donors (Lipinski definition) is 1. The van der Waals surface area contributed by atoms with Gasteiger partial charge in [-0.2, -0.15) is 0 Å². The van der Waals surface area contributed by atoms with Crippen LogP contribution in [0, 0.1) is 24.0 Å². The minimum absolute atomic E-state index is 0.0579. The third-order valence-electron chi connectivity index (χ3n) is 2.84. The molecule has 1 N–H and O–H groups in total. The van der Waals surface area contributed by atoms with E-state index in [2.05, 4.69) is 20.4 Å². The van der Waals surface area contributed by atoms with Gasteiger partial charge in [0.2, 0.25) is 11.0 Å². The lowest BCUT2D eigenvalue weighted by molar-refractivity contribution is -0.384. The van der Waals surface area contributed by atoms with Crippen molar-refractivity contribution in [2.24, 2.45) is 0 Å². The average Bonchev–Trinajstić information content (AvgIpc) is 2.68. The van der Waals surface area contributed by atoms with E-state index >= 15 is 0 Å². The van der Waals surface area contributed by atoms with E-state index in [1.165, 1.54) is 0 Å². The quantitative estimate of drug-likeness (QED) is 0.525. The van der Waals surface area contributed by atoms with Gasteiger partial charge < -0.3 is 9.84 Å². The number of aryl methyl sites for hydroxylation is 2. The topological polar surface area (TPSA) is 107 Å². The molecule has 8 nitrogen and oxygen atoms in total. The Morgan fingerprint density at radius 1 is 1.45 bits per heavy atom. The summed E-state index contributed by atoms with van der Waals surface area (Å²) in [5.41, 5.74) is 1.19. The van der Waals surface area contributed by atoms with Gasteiger partial charge in [-0.1, -0.05) is 16.8 Å². The highest BCUT2D eigenvalue weighted by molar-refractivity contribution is 6.31. The molecule has 2 aromatic heterocycles. The number of anilines is 1. The molecule has 0 aromatic carbocycles. The molecule has 2 rings (SSSR count). The number of halogens is 1. The SMILES string of the molecule is Cc1noc(C)c1C(C)Nc1ncnc(Cl)c1[N+](=O)[O-]. The molecule has 20 heavy (non-hydrogen) atoms. The minimum atomic E-state index is -0.620. The Morgan fingerprint density at radius 3 is 2.70 bits per heavy atom. The summed E-state index contributed by atoms with van der Waals surface area (Å²) in [6.07, 6.45) is 1.16. The van der Waals surface area contributed by atoms with Crippen LogP contribution in [0.1, 0.15) is 30.0 Å². The normalized spacial score (nSPS) is 12.2. The van der Waals surface area contributed by atoms with Gasteiger partial charge in [0.25, 0.3) is 0 Å². The highest BCUT2D eigenvalue weighted by Crippen LogP contribution is 2.32. The number of aromatic nitrogens is 3. The van der Waals surface area contributed by atoms with Crippen molar-refractivity contribution in [3.63, 3.8) is 0 Å². The molecule has 106 valence electrons. The molecule has 1 atom stereocenters. The average molecular weight is 298 g/mol. The summed E-state index contributed by atoms with van der Waals surface area (Å²) in [5.74, 6) is 0.702. The first-order valence-electron chi connectivity index (χ1n) is 5.76. The van der Waals surface area contributed by atoms with Crippen LogP contribution in [0.5, 0.6) is 0 Å². The molecule has 9 heteroatoms. The van der Waals surface area contributed by atoms with Crippen LogP contribution in [-0.2, 0) is 0 Å². The maximum atomic E-state index is 11.0. The van der Waals surface area contributed by atoms with E-state index in [4.69, 9.17) is 16.1 Å².